The van der Waals surface area contributed by atoms with Gasteiger partial charge in [0.15, 0.2) is 11.5 Å². The topological polar surface area (TPSA) is 65.5 Å². The highest BCUT2D eigenvalue weighted by molar-refractivity contribution is 5.97. The van der Waals surface area contributed by atoms with Crippen LogP contribution in [0.2, 0.25) is 0 Å². The number of pyridine rings is 1. The van der Waals surface area contributed by atoms with Gasteiger partial charge in [-0.05, 0) is 13.0 Å². The lowest BCUT2D eigenvalue weighted by Gasteiger charge is -2.04. The maximum Gasteiger partial charge on any atom is 0.356 e. The molecular weight excluding hydrogens is 198 g/mol. The molecule has 0 atom stereocenters. The van der Waals surface area contributed by atoms with Crippen LogP contribution in [0.4, 0.5) is 0 Å². The van der Waals surface area contributed by atoms with E-state index in [1.54, 1.807) is 0 Å². The second-order valence-electron chi connectivity index (χ2n) is 2.83. The van der Waals surface area contributed by atoms with Crippen LogP contribution in [0.3, 0.4) is 0 Å². The molecule has 15 heavy (non-hydrogen) atoms. The third kappa shape index (κ3) is 2.52. The number of hydrogen-bond donors (Lipinski definition) is 0. The van der Waals surface area contributed by atoms with Crippen molar-refractivity contribution in [2.75, 3.05) is 14.2 Å². The highest BCUT2D eigenvalue weighted by Crippen LogP contribution is 2.13. The first-order valence-corrected chi connectivity index (χ1v) is 4.23. The van der Waals surface area contributed by atoms with E-state index in [1.807, 2.05) is 0 Å². The predicted octanol–water partition coefficient (Wildman–Crippen LogP) is 1.08. The molecule has 0 aliphatic heterocycles. The number of carbonyl (C=O) groups excluding carboxylic acids is 2. The van der Waals surface area contributed by atoms with Crippen LogP contribution in [-0.2, 0) is 4.74 Å². The van der Waals surface area contributed by atoms with Crippen molar-refractivity contribution in [3.05, 3.63) is 23.4 Å². The highest BCUT2D eigenvalue weighted by Gasteiger charge is 2.12. The van der Waals surface area contributed by atoms with Crippen LogP contribution in [0, 0.1) is 0 Å². The molecule has 5 heteroatoms. The average molecular weight is 209 g/mol. The van der Waals surface area contributed by atoms with Crippen molar-refractivity contribution in [3.8, 4) is 5.88 Å². The number of ether oxygens (including phenoxy) is 2. The summed E-state index contributed by atoms with van der Waals surface area (Å²) >= 11 is 0. The van der Waals surface area contributed by atoms with Crippen LogP contribution in [0.1, 0.15) is 27.8 Å². The summed E-state index contributed by atoms with van der Waals surface area (Å²) in [5.41, 5.74) is 0.421. The number of hydrogen-bond acceptors (Lipinski definition) is 5. The van der Waals surface area contributed by atoms with Gasteiger partial charge in [-0.1, -0.05) is 0 Å². The molecule has 0 saturated carbocycles. The van der Waals surface area contributed by atoms with Crippen molar-refractivity contribution in [1.82, 2.24) is 4.98 Å². The third-order valence-corrected chi connectivity index (χ3v) is 1.81. The van der Waals surface area contributed by atoms with E-state index < -0.39 is 5.97 Å². The molecule has 0 amide bonds. The number of aromatic nitrogens is 1. The first kappa shape index (κ1) is 11.2. The van der Waals surface area contributed by atoms with Gasteiger partial charge >= 0.3 is 5.97 Å². The largest absolute Gasteiger partial charge is 0.481 e. The Balaban J connectivity index is 3.23. The summed E-state index contributed by atoms with van der Waals surface area (Å²) in [6.07, 6.45) is 0. The molecule has 0 N–H and O–H groups in total. The normalized spacial score (nSPS) is 9.53. The van der Waals surface area contributed by atoms with Gasteiger partial charge < -0.3 is 9.47 Å². The third-order valence-electron chi connectivity index (χ3n) is 1.81. The molecule has 1 aromatic rings. The fourth-order valence-electron chi connectivity index (χ4n) is 1.02. The number of Topliss-reactive ketones (excluding diaryl/α,β-unsaturated/α-hetero) is 1. The van der Waals surface area contributed by atoms with Crippen LogP contribution >= 0.6 is 0 Å². The summed E-state index contributed by atoms with van der Waals surface area (Å²) in [4.78, 5) is 26.2. The maximum absolute atomic E-state index is 11.2. The van der Waals surface area contributed by atoms with Crippen molar-refractivity contribution >= 4 is 11.8 Å². The Bertz CT molecular complexity index is 400. The molecule has 1 heterocycles. The SMILES string of the molecule is COC(=O)c1cc(C(C)=O)cc(OC)n1. The second kappa shape index (κ2) is 4.54. The Kier molecular flexibility index (Phi) is 3.38. The number of rotatable bonds is 3. The Morgan fingerprint density at radius 2 is 1.93 bits per heavy atom. The molecule has 0 fully saturated rings. The van der Waals surface area contributed by atoms with Gasteiger partial charge in [-0.2, -0.15) is 0 Å². The fourth-order valence-corrected chi connectivity index (χ4v) is 1.02. The van der Waals surface area contributed by atoms with Crippen LogP contribution in [0.25, 0.3) is 0 Å². The minimum absolute atomic E-state index is 0.0575. The number of ketones is 1. The minimum Gasteiger partial charge on any atom is -0.481 e. The van der Waals surface area contributed by atoms with Crippen molar-refractivity contribution < 1.29 is 19.1 Å². The van der Waals surface area contributed by atoms with Crippen LogP contribution < -0.4 is 4.74 Å². The van der Waals surface area contributed by atoms with Gasteiger partial charge in [0.05, 0.1) is 14.2 Å². The Labute approximate surface area is 87.0 Å². The quantitative estimate of drug-likeness (QED) is 0.550. The molecular formula is C10H11NO4. The standard InChI is InChI=1S/C10H11NO4/c1-6(12)7-4-8(10(13)15-3)11-9(5-7)14-2/h4-5H,1-3H3. The van der Waals surface area contributed by atoms with Crippen molar-refractivity contribution in [1.29, 1.82) is 0 Å². The number of nitrogens with zero attached hydrogens (tertiary/aromatic N) is 1. The van der Waals surface area contributed by atoms with E-state index in [4.69, 9.17) is 4.74 Å². The van der Waals surface area contributed by atoms with Gasteiger partial charge in [0, 0.05) is 11.6 Å². The van der Waals surface area contributed by atoms with Crippen LogP contribution in [0.5, 0.6) is 5.88 Å². The lowest BCUT2D eigenvalue weighted by Crippen LogP contribution is -2.07. The molecule has 0 bridgehead atoms. The van der Waals surface area contributed by atoms with E-state index in [2.05, 4.69) is 9.72 Å². The lowest BCUT2D eigenvalue weighted by atomic mass is 10.1. The summed E-state index contributed by atoms with van der Waals surface area (Å²) in [5.74, 6) is -0.555. The van der Waals surface area contributed by atoms with Crippen LogP contribution in [-0.4, -0.2) is 31.0 Å². The van der Waals surface area contributed by atoms with Crippen LogP contribution in [0.15, 0.2) is 12.1 Å². The molecule has 0 saturated heterocycles. The minimum atomic E-state index is -0.601. The molecule has 5 nitrogen and oxygen atoms in total. The van der Waals surface area contributed by atoms with Gasteiger partial charge in [-0.3, -0.25) is 4.79 Å². The zero-order valence-corrected chi connectivity index (χ0v) is 8.73. The van der Waals surface area contributed by atoms with Crippen molar-refractivity contribution in [2.45, 2.75) is 6.92 Å². The fraction of sp³-hybridized carbons (Fsp3) is 0.300. The molecule has 0 radical (unpaired) electrons. The molecule has 1 aromatic heterocycles. The summed E-state index contributed by atoms with van der Waals surface area (Å²) in [6, 6.07) is 2.84. The Morgan fingerprint density at radius 3 is 2.40 bits per heavy atom. The molecule has 0 aromatic carbocycles. The highest BCUT2D eigenvalue weighted by atomic mass is 16.5. The molecule has 1 rings (SSSR count). The van der Waals surface area contributed by atoms with E-state index in [0.717, 1.165) is 0 Å². The maximum atomic E-state index is 11.2. The zero-order valence-electron chi connectivity index (χ0n) is 8.73. The van der Waals surface area contributed by atoms with E-state index in [0.29, 0.717) is 5.56 Å². The zero-order chi connectivity index (χ0) is 11.4. The van der Waals surface area contributed by atoms with Gasteiger partial charge in [-0.25, -0.2) is 9.78 Å². The van der Waals surface area contributed by atoms with Gasteiger partial charge in [0.25, 0.3) is 0 Å². The van der Waals surface area contributed by atoms with E-state index in [9.17, 15) is 9.59 Å². The van der Waals surface area contributed by atoms with Gasteiger partial charge in [0.1, 0.15) is 0 Å². The smallest absolute Gasteiger partial charge is 0.356 e. The predicted molar refractivity (Wildman–Crippen MR) is 52.1 cm³/mol. The van der Waals surface area contributed by atoms with Gasteiger partial charge in [0.2, 0.25) is 5.88 Å². The molecule has 80 valence electrons. The number of methoxy groups -OCH3 is 2. The molecule has 0 aliphatic carbocycles. The first-order chi connectivity index (χ1) is 7.08. The molecule has 0 aliphatic rings. The monoisotopic (exact) mass is 209 g/mol. The van der Waals surface area contributed by atoms with Crippen molar-refractivity contribution in [2.24, 2.45) is 0 Å². The summed E-state index contributed by atoms with van der Waals surface area (Å²) in [5, 5.41) is 0. The van der Waals surface area contributed by atoms with Crippen molar-refractivity contribution in [3.63, 3.8) is 0 Å². The first-order valence-electron chi connectivity index (χ1n) is 4.23. The number of carbonyl (C=O) groups is 2. The van der Waals surface area contributed by atoms with E-state index in [1.165, 1.54) is 33.3 Å². The summed E-state index contributed by atoms with van der Waals surface area (Å²) in [6.45, 7) is 1.40. The lowest BCUT2D eigenvalue weighted by molar-refractivity contribution is 0.0593. The molecule has 0 unspecified atom stereocenters. The molecule has 0 spiro atoms. The number of esters is 1. The van der Waals surface area contributed by atoms with E-state index >= 15 is 0 Å². The summed E-state index contributed by atoms with van der Waals surface area (Å²) < 4.78 is 9.37. The second-order valence-corrected chi connectivity index (χ2v) is 2.83. The summed E-state index contributed by atoms with van der Waals surface area (Å²) in [7, 11) is 2.66. The van der Waals surface area contributed by atoms with Gasteiger partial charge in [-0.15, -0.1) is 0 Å². The Morgan fingerprint density at radius 1 is 1.27 bits per heavy atom. The average Bonchev–Trinajstić information content (AvgIpc) is 2.27. The Hall–Kier alpha value is -1.91. The van der Waals surface area contributed by atoms with E-state index in [-0.39, 0.29) is 17.4 Å².